The fraction of sp³-hybridized carbons (Fsp3) is 0.0909. The van der Waals surface area contributed by atoms with Gasteiger partial charge in [-0.1, -0.05) is 11.6 Å². The van der Waals surface area contributed by atoms with E-state index in [2.05, 4.69) is 21.0 Å². The minimum Gasteiger partial charge on any atom is -0.260 e. The molecule has 0 atom stereocenters. The maximum Gasteiger partial charge on any atom is 0.161 e. The van der Waals surface area contributed by atoms with Crippen molar-refractivity contribution in [3.05, 3.63) is 34.4 Å². The van der Waals surface area contributed by atoms with Crippen LogP contribution in [0.5, 0.6) is 0 Å². The minimum absolute atomic E-state index is 0.403. The van der Waals surface area contributed by atoms with Crippen LogP contribution in [0.25, 0.3) is 0 Å². The monoisotopic (exact) mass is 243 g/mol. The Balaban J connectivity index is 2.30. The van der Waals surface area contributed by atoms with Gasteiger partial charge in [0.15, 0.2) is 11.7 Å². The van der Waals surface area contributed by atoms with E-state index in [1.165, 1.54) is 6.21 Å². The third-order valence-corrected chi connectivity index (χ3v) is 2.76. The molecule has 0 fully saturated rings. The van der Waals surface area contributed by atoms with Crippen molar-refractivity contribution in [2.24, 2.45) is 15.0 Å². The Morgan fingerprint density at radius 1 is 1.35 bits per heavy atom. The standard InChI is InChI=1S/C11H6ClN5/c1-6-15-10-7(4-13)5-14-9-3-2-8(12)11(16-6)17(9)10/h2-3,5H,1H3. The Hall–Kier alpha value is -2.19. The second kappa shape index (κ2) is 3.40. The van der Waals surface area contributed by atoms with Crippen molar-refractivity contribution in [1.29, 1.82) is 5.26 Å². The van der Waals surface area contributed by atoms with Crippen molar-refractivity contribution in [2.75, 3.05) is 0 Å². The van der Waals surface area contributed by atoms with Crippen LogP contribution in [0.3, 0.4) is 0 Å². The highest BCUT2D eigenvalue weighted by atomic mass is 35.5. The maximum absolute atomic E-state index is 9.04. The average molecular weight is 244 g/mol. The molecule has 0 aromatic heterocycles. The predicted octanol–water partition coefficient (Wildman–Crippen LogP) is 1.92. The van der Waals surface area contributed by atoms with Gasteiger partial charge in [-0.05, 0) is 19.1 Å². The Bertz CT molecular complexity index is 639. The molecule has 3 heterocycles. The largest absolute Gasteiger partial charge is 0.260 e. The molecular formula is C11H6ClN5. The minimum atomic E-state index is 0.403. The normalized spacial score (nSPS) is 21.1. The Morgan fingerprint density at radius 3 is 2.94 bits per heavy atom. The zero-order chi connectivity index (χ0) is 12.0. The Morgan fingerprint density at radius 2 is 2.18 bits per heavy atom. The second-order valence-electron chi connectivity index (χ2n) is 3.58. The number of hydrogen-bond acceptors (Lipinski definition) is 5. The summed E-state index contributed by atoms with van der Waals surface area (Å²) in [6, 6.07) is 2.06. The molecule has 0 saturated carbocycles. The van der Waals surface area contributed by atoms with E-state index in [-0.39, 0.29) is 0 Å². The van der Waals surface area contributed by atoms with E-state index in [1.807, 2.05) is 0 Å². The lowest BCUT2D eigenvalue weighted by Gasteiger charge is -2.32. The van der Waals surface area contributed by atoms with Crippen molar-refractivity contribution in [3.63, 3.8) is 0 Å². The highest BCUT2D eigenvalue weighted by molar-refractivity contribution is 6.44. The quantitative estimate of drug-likeness (QED) is 0.652. The van der Waals surface area contributed by atoms with Gasteiger partial charge in [-0.15, -0.1) is 0 Å². The summed E-state index contributed by atoms with van der Waals surface area (Å²) < 4.78 is 0. The number of rotatable bonds is 0. The molecule has 0 aliphatic carbocycles. The molecule has 17 heavy (non-hydrogen) atoms. The molecule has 3 rings (SSSR count). The Labute approximate surface area is 102 Å². The van der Waals surface area contributed by atoms with E-state index >= 15 is 0 Å². The number of hydrogen-bond donors (Lipinski definition) is 0. The van der Waals surface area contributed by atoms with E-state index in [0.29, 0.717) is 33.9 Å². The fourth-order valence-electron chi connectivity index (χ4n) is 1.75. The van der Waals surface area contributed by atoms with Gasteiger partial charge in [0, 0.05) is 0 Å². The fourth-order valence-corrected chi connectivity index (χ4v) is 1.94. The van der Waals surface area contributed by atoms with E-state index in [4.69, 9.17) is 16.9 Å². The molecule has 0 saturated heterocycles. The van der Waals surface area contributed by atoms with Crippen molar-refractivity contribution >= 4 is 29.5 Å². The zero-order valence-electron chi connectivity index (χ0n) is 8.85. The smallest absolute Gasteiger partial charge is 0.161 e. The molecule has 0 bridgehead atoms. The molecule has 5 nitrogen and oxygen atoms in total. The number of halogens is 1. The summed E-state index contributed by atoms with van der Waals surface area (Å²) >= 11 is 6.09. The first-order chi connectivity index (χ1) is 8.20. The lowest BCUT2D eigenvalue weighted by Crippen LogP contribution is -2.36. The molecule has 0 aromatic rings. The van der Waals surface area contributed by atoms with E-state index in [9.17, 15) is 0 Å². The first kappa shape index (κ1) is 10.00. The van der Waals surface area contributed by atoms with Gasteiger partial charge >= 0.3 is 0 Å². The summed E-state index contributed by atoms with van der Waals surface area (Å²) in [6.07, 6.45) is 5.00. The number of amidine groups is 2. The highest BCUT2D eigenvalue weighted by Crippen LogP contribution is 2.32. The van der Waals surface area contributed by atoms with Gasteiger partial charge < -0.3 is 0 Å². The molecule has 0 spiro atoms. The molecule has 6 heteroatoms. The van der Waals surface area contributed by atoms with Crippen LogP contribution in [-0.4, -0.2) is 22.8 Å². The van der Waals surface area contributed by atoms with E-state index in [0.717, 1.165) is 0 Å². The van der Waals surface area contributed by atoms with Gasteiger partial charge in [0.2, 0.25) is 0 Å². The molecular weight excluding hydrogens is 238 g/mol. The van der Waals surface area contributed by atoms with Crippen LogP contribution in [0.1, 0.15) is 6.92 Å². The van der Waals surface area contributed by atoms with Gasteiger partial charge in [-0.2, -0.15) is 5.26 Å². The number of nitriles is 1. The van der Waals surface area contributed by atoms with Gasteiger partial charge in [-0.3, -0.25) is 4.90 Å². The molecule has 3 aliphatic heterocycles. The van der Waals surface area contributed by atoms with Crippen LogP contribution in [0.4, 0.5) is 0 Å². The first-order valence-electron chi connectivity index (χ1n) is 4.91. The topological polar surface area (TPSA) is 64.1 Å². The Kier molecular flexibility index (Phi) is 2.00. The number of aliphatic imine (C=N–C) groups is 3. The zero-order valence-corrected chi connectivity index (χ0v) is 9.60. The van der Waals surface area contributed by atoms with Crippen LogP contribution >= 0.6 is 11.6 Å². The van der Waals surface area contributed by atoms with Gasteiger partial charge in [0.1, 0.15) is 23.3 Å². The van der Waals surface area contributed by atoms with Crippen molar-refractivity contribution in [3.8, 4) is 6.07 Å². The highest BCUT2D eigenvalue weighted by Gasteiger charge is 2.32. The molecule has 0 N–H and O–H groups in total. The van der Waals surface area contributed by atoms with Crippen LogP contribution in [-0.2, 0) is 0 Å². The molecule has 82 valence electrons. The summed E-state index contributed by atoms with van der Waals surface area (Å²) in [7, 11) is 0. The summed E-state index contributed by atoms with van der Waals surface area (Å²) in [6.45, 7) is 1.76. The van der Waals surface area contributed by atoms with Crippen molar-refractivity contribution in [2.45, 2.75) is 6.92 Å². The average Bonchev–Trinajstić information content (AvgIpc) is 2.33. The third kappa shape index (κ3) is 1.35. The molecule has 3 aliphatic rings. The third-order valence-electron chi connectivity index (χ3n) is 2.47. The molecule has 0 radical (unpaired) electrons. The van der Waals surface area contributed by atoms with Crippen molar-refractivity contribution < 1.29 is 0 Å². The predicted molar refractivity (Wildman–Crippen MR) is 65.5 cm³/mol. The van der Waals surface area contributed by atoms with Crippen molar-refractivity contribution in [1.82, 2.24) is 4.90 Å². The summed E-state index contributed by atoms with van der Waals surface area (Å²) in [4.78, 5) is 14.4. The van der Waals surface area contributed by atoms with E-state index < -0.39 is 0 Å². The van der Waals surface area contributed by atoms with Gasteiger partial charge in [0.25, 0.3) is 0 Å². The number of allylic oxidation sites excluding steroid dienone is 3. The summed E-state index contributed by atoms with van der Waals surface area (Å²) in [5, 5.41) is 9.55. The molecule has 0 aromatic carbocycles. The SMILES string of the molecule is CC1=NC2=C(C#N)C=NC3=CC=C(Cl)C(=N1)N32. The van der Waals surface area contributed by atoms with E-state index in [1.54, 1.807) is 24.0 Å². The molecule has 0 amide bonds. The van der Waals surface area contributed by atoms with Gasteiger partial charge in [-0.25, -0.2) is 15.0 Å². The number of nitrogens with zero attached hydrogens (tertiary/aromatic N) is 5. The van der Waals surface area contributed by atoms with Crippen LogP contribution in [0.2, 0.25) is 0 Å². The maximum atomic E-state index is 9.04. The summed E-state index contributed by atoms with van der Waals surface area (Å²) in [5.41, 5.74) is 0.403. The van der Waals surface area contributed by atoms with Gasteiger partial charge in [0.05, 0.1) is 11.2 Å². The van der Waals surface area contributed by atoms with Crippen LogP contribution in [0, 0.1) is 11.3 Å². The first-order valence-corrected chi connectivity index (χ1v) is 5.29. The summed E-state index contributed by atoms with van der Waals surface area (Å²) in [5.74, 6) is 2.33. The second-order valence-corrected chi connectivity index (χ2v) is 3.98. The van der Waals surface area contributed by atoms with Crippen LogP contribution < -0.4 is 0 Å². The lowest BCUT2D eigenvalue weighted by atomic mass is 10.2. The molecule has 0 unspecified atom stereocenters. The van der Waals surface area contributed by atoms with Crippen LogP contribution in [0.15, 0.2) is 49.4 Å². The lowest BCUT2D eigenvalue weighted by molar-refractivity contribution is 0.596.